The molecule has 1 aromatic heterocycles. The van der Waals surface area contributed by atoms with Crippen LogP contribution in [-0.4, -0.2) is 11.0 Å². The van der Waals surface area contributed by atoms with Crippen LogP contribution >= 0.6 is 11.3 Å². The van der Waals surface area contributed by atoms with Gasteiger partial charge in [-0.2, -0.15) is 0 Å². The maximum Gasteiger partial charge on any atom is 0.110 e. The van der Waals surface area contributed by atoms with Gasteiger partial charge < -0.3 is 5.32 Å². The molecule has 19 heavy (non-hydrogen) atoms. The van der Waals surface area contributed by atoms with Crippen molar-refractivity contribution in [2.45, 2.75) is 84.2 Å². The SMILES string of the molecule is CCCCCCC(NC(C)C)c1nc2c(s1)CCC2. The molecule has 0 aromatic carbocycles. The summed E-state index contributed by atoms with van der Waals surface area (Å²) in [6, 6.07) is 1.02. The van der Waals surface area contributed by atoms with Gasteiger partial charge in [0.25, 0.3) is 0 Å². The molecule has 0 radical (unpaired) electrons. The van der Waals surface area contributed by atoms with Crippen molar-refractivity contribution in [2.75, 3.05) is 0 Å². The minimum Gasteiger partial charge on any atom is -0.306 e. The molecular formula is C16H28N2S. The summed E-state index contributed by atoms with van der Waals surface area (Å²) < 4.78 is 0. The molecule has 3 heteroatoms. The van der Waals surface area contributed by atoms with Crippen LogP contribution in [0.1, 0.15) is 80.9 Å². The molecule has 0 saturated heterocycles. The Balaban J connectivity index is 1.95. The van der Waals surface area contributed by atoms with Gasteiger partial charge in [0.05, 0.1) is 11.7 Å². The van der Waals surface area contributed by atoms with Gasteiger partial charge in [-0.25, -0.2) is 4.98 Å². The van der Waals surface area contributed by atoms with E-state index in [4.69, 9.17) is 4.98 Å². The molecule has 1 aliphatic rings. The number of nitrogens with zero attached hydrogens (tertiary/aromatic N) is 1. The van der Waals surface area contributed by atoms with Crippen molar-refractivity contribution in [1.29, 1.82) is 0 Å². The third kappa shape index (κ3) is 4.28. The van der Waals surface area contributed by atoms with E-state index in [1.165, 1.54) is 62.1 Å². The second-order valence-electron chi connectivity index (χ2n) is 6.00. The van der Waals surface area contributed by atoms with E-state index in [1.54, 1.807) is 4.88 Å². The summed E-state index contributed by atoms with van der Waals surface area (Å²) >= 11 is 1.96. The van der Waals surface area contributed by atoms with E-state index in [-0.39, 0.29) is 0 Å². The Morgan fingerprint density at radius 2 is 2.05 bits per heavy atom. The third-order valence-corrected chi connectivity index (χ3v) is 5.06. The zero-order valence-electron chi connectivity index (χ0n) is 12.7. The zero-order valence-corrected chi connectivity index (χ0v) is 13.5. The molecule has 1 unspecified atom stereocenters. The van der Waals surface area contributed by atoms with E-state index < -0.39 is 0 Å². The Bertz CT molecular complexity index is 363. The van der Waals surface area contributed by atoms with E-state index in [1.807, 2.05) is 11.3 Å². The lowest BCUT2D eigenvalue weighted by molar-refractivity contribution is 0.431. The summed E-state index contributed by atoms with van der Waals surface area (Å²) in [7, 11) is 0. The Labute approximate surface area is 122 Å². The number of aryl methyl sites for hydroxylation is 2. The number of hydrogen-bond acceptors (Lipinski definition) is 3. The molecule has 2 rings (SSSR count). The quantitative estimate of drug-likeness (QED) is 0.702. The lowest BCUT2D eigenvalue weighted by Gasteiger charge is -2.19. The van der Waals surface area contributed by atoms with Crippen molar-refractivity contribution >= 4 is 11.3 Å². The normalized spacial score (nSPS) is 16.0. The fourth-order valence-electron chi connectivity index (χ4n) is 2.82. The van der Waals surface area contributed by atoms with Crippen molar-refractivity contribution in [1.82, 2.24) is 10.3 Å². The van der Waals surface area contributed by atoms with Crippen LogP contribution < -0.4 is 5.32 Å². The van der Waals surface area contributed by atoms with Gasteiger partial charge in [-0.05, 0) is 25.7 Å². The number of rotatable bonds is 8. The summed E-state index contributed by atoms with van der Waals surface area (Å²) in [5.74, 6) is 0. The molecule has 0 fully saturated rings. The average molecular weight is 280 g/mol. The Morgan fingerprint density at radius 1 is 1.21 bits per heavy atom. The summed E-state index contributed by atoms with van der Waals surface area (Å²) in [5, 5.41) is 5.05. The molecule has 1 heterocycles. The van der Waals surface area contributed by atoms with Gasteiger partial charge >= 0.3 is 0 Å². The average Bonchev–Trinajstić information content (AvgIpc) is 2.93. The van der Waals surface area contributed by atoms with Crippen molar-refractivity contribution in [3.8, 4) is 0 Å². The fourth-order valence-corrected chi connectivity index (χ4v) is 4.06. The predicted octanol–water partition coefficient (Wildman–Crippen LogP) is 4.64. The summed E-state index contributed by atoms with van der Waals surface area (Å²) in [4.78, 5) is 6.45. The first-order valence-electron chi connectivity index (χ1n) is 7.95. The van der Waals surface area contributed by atoms with Gasteiger partial charge in [-0.3, -0.25) is 0 Å². The molecule has 0 spiro atoms. The first kappa shape index (κ1) is 15.0. The standard InChI is InChI=1S/C16H28N2S/c1-4-5-6-7-9-14(17-12(2)3)16-18-13-10-8-11-15(13)19-16/h12,14,17H,4-11H2,1-3H3. The molecule has 1 aliphatic carbocycles. The van der Waals surface area contributed by atoms with Crippen LogP contribution in [0.2, 0.25) is 0 Å². The number of aromatic nitrogens is 1. The highest BCUT2D eigenvalue weighted by atomic mass is 32.1. The molecule has 0 amide bonds. The van der Waals surface area contributed by atoms with Crippen LogP contribution in [0.25, 0.3) is 0 Å². The number of fused-ring (bicyclic) bond motifs is 1. The largest absolute Gasteiger partial charge is 0.306 e. The molecule has 0 aliphatic heterocycles. The van der Waals surface area contributed by atoms with Crippen LogP contribution in [-0.2, 0) is 12.8 Å². The van der Waals surface area contributed by atoms with E-state index in [9.17, 15) is 0 Å². The molecule has 0 bridgehead atoms. The van der Waals surface area contributed by atoms with Crippen LogP contribution in [0.15, 0.2) is 0 Å². The second kappa shape index (κ2) is 7.39. The van der Waals surface area contributed by atoms with E-state index >= 15 is 0 Å². The van der Waals surface area contributed by atoms with Gasteiger partial charge in [0, 0.05) is 10.9 Å². The highest BCUT2D eigenvalue weighted by molar-refractivity contribution is 7.11. The third-order valence-electron chi connectivity index (χ3n) is 3.79. The Hall–Kier alpha value is -0.410. The van der Waals surface area contributed by atoms with E-state index in [0.717, 1.165) is 0 Å². The van der Waals surface area contributed by atoms with Gasteiger partial charge in [0.1, 0.15) is 5.01 Å². The van der Waals surface area contributed by atoms with E-state index in [2.05, 4.69) is 26.1 Å². The number of hydrogen-bond donors (Lipinski definition) is 1. The van der Waals surface area contributed by atoms with Crippen molar-refractivity contribution in [2.24, 2.45) is 0 Å². The van der Waals surface area contributed by atoms with Crippen molar-refractivity contribution in [3.63, 3.8) is 0 Å². The lowest BCUT2D eigenvalue weighted by atomic mass is 10.1. The van der Waals surface area contributed by atoms with Gasteiger partial charge in [-0.1, -0.05) is 46.5 Å². The Kier molecular flexibility index (Phi) is 5.83. The molecule has 1 aromatic rings. The molecule has 1 N–H and O–H groups in total. The summed E-state index contributed by atoms with van der Waals surface area (Å²) in [5.41, 5.74) is 1.39. The first-order valence-corrected chi connectivity index (χ1v) is 8.77. The van der Waals surface area contributed by atoms with Crippen molar-refractivity contribution in [3.05, 3.63) is 15.6 Å². The Morgan fingerprint density at radius 3 is 2.74 bits per heavy atom. The smallest absolute Gasteiger partial charge is 0.110 e. The van der Waals surface area contributed by atoms with Crippen LogP contribution in [0.3, 0.4) is 0 Å². The summed E-state index contributed by atoms with van der Waals surface area (Å²) in [6.07, 6.45) is 10.4. The second-order valence-corrected chi connectivity index (χ2v) is 7.11. The highest BCUT2D eigenvalue weighted by Crippen LogP contribution is 2.32. The monoisotopic (exact) mass is 280 g/mol. The lowest BCUT2D eigenvalue weighted by Crippen LogP contribution is -2.28. The molecule has 2 nitrogen and oxygen atoms in total. The predicted molar refractivity (Wildman–Crippen MR) is 83.9 cm³/mol. The van der Waals surface area contributed by atoms with E-state index in [0.29, 0.717) is 12.1 Å². The zero-order chi connectivity index (χ0) is 13.7. The molecular weight excluding hydrogens is 252 g/mol. The number of unbranched alkanes of at least 4 members (excludes halogenated alkanes) is 3. The van der Waals surface area contributed by atoms with Gasteiger partial charge in [0.2, 0.25) is 0 Å². The minimum absolute atomic E-state index is 0.479. The summed E-state index contributed by atoms with van der Waals surface area (Å²) in [6.45, 7) is 6.75. The van der Waals surface area contributed by atoms with Crippen LogP contribution in [0, 0.1) is 0 Å². The molecule has 0 saturated carbocycles. The topological polar surface area (TPSA) is 24.9 Å². The maximum absolute atomic E-state index is 4.90. The minimum atomic E-state index is 0.479. The maximum atomic E-state index is 4.90. The number of nitrogens with one attached hydrogen (secondary N) is 1. The van der Waals surface area contributed by atoms with Crippen LogP contribution in [0.4, 0.5) is 0 Å². The van der Waals surface area contributed by atoms with Gasteiger partial charge in [0.15, 0.2) is 0 Å². The van der Waals surface area contributed by atoms with Crippen LogP contribution in [0.5, 0.6) is 0 Å². The fraction of sp³-hybridized carbons (Fsp3) is 0.812. The molecule has 108 valence electrons. The number of thiazole rings is 1. The molecule has 1 atom stereocenters. The first-order chi connectivity index (χ1) is 9.20. The van der Waals surface area contributed by atoms with Crippen molar-refractivity contribution < 1.29 is 0 Å². The van der Waals surface area contributed by atoms with Gasteiger partial charge in [-0.15, -0.1) is 11.3 Å². The highest BCUT2D eigenvalue weighted by Gasteiger charge is 2.22.